The van der Waals surface area contributed by atoms with Crippen LogP contribution >= 0.6 is 0 Å². The van der Waals surface area contributed by atoms with Gasteiger partial charge in [0, 0.05) is 0 Å². The van der Waals surface area contributed by atoms with Gasteiger partial charge in [-0.15, -0.1) is 0 Å². The summed E-state index contributed by atoms with van der Waals surface area (Å²) in [5.41, 5.74) is 2.83. The molecule has 84 valence electrons. The number of rotatable bonds is 4. The second-order valence-corrected chi connectivity index (χ2v) is 4.83. The second-order valence-electron chi connectivity index (χ2n) is 4.83. The maximum absolute atomic E-state index is 9.56. The molecule has 1 N–H and O–H groups in total. The Bertz CT molecular complexity index is 326. The van der Waals surface area contributed by atoms with Crippen molar-refractivity contribution in [1.82, 2.24) is 0 Å². The predicted molar refractivity (Wildman–Crippen MR) is 65.4 cm³/mol. The predicted octanol–water partition coefficient (Wildman–Crippen LogP) is 4.03. The molecule has 1 aromatic carbocycles. The third-order valence-electron chi connectivity index (χ3n) is 3.23. The number of hydrogen-bond donors (Lipinski definition) is 1. The molecule has 0 aliphatic rings. The smallest absolute Gasteiger partial charge is 0.115 e. The fourth-order valence-corrected chi connectivity index (χ4v) is 1.87. The van der Waals surface area contributed by atoms with Crippen LogP contribution in [0.2, 0.25) is 0 Å². The van der Waals surface area contributed by atoms with Crippen LogP contribution in [0, 0.1) is 0 Å². The summed E-state index contributed by atoms with van der Waals surface area (Å²) >= 11 is 0. The van der Waals surface area contributed by atoms with Gasteiger partial charge < -0.3 is 5.11 Å². The topological polar surface area (TPSA) is 20.2 Å². The molecule has 15 heavy (non-hydrogen) atoms. The normalized spacial score (nSPS) is 11.7. The fraction of sp³-hybridized carbons (Fsp3) is 0.571. The minimum Gasteiger partial charge on any atom is -0.508 e. The molecule has 1 heteroatoms. The molecule has 0 atom stereocenters. The van der Waals surface area contributed by atoms with Gasteiger partial charge in [0.15, 0.2) is 0 Å². The standard InChI is InChI=1S/C14H22O/c1-5-7-11-8-9-12(15)10-13(11)14(3,4)6-2/h8-10,15H,5-7H2,1-4H3. The Morgan fingerprint density at radius 3 is 2.40 bits per heavy atom. The van der Waals surface area contributed by atoms with Gasteiger partial charge >= 0.3 is 0 Å². The van der Waals surface area contributed by atoms with Crippen molar-refractivity contribution in [1.29, 1.82) is 0 Å². The van der Waals surface area contributed by atoms with E-state index in [0.717, 1.165) is 19.3 Å². The van der Waals surface area contributed by atoms with E-state index in [4.69, 9.17) is 0 Å². The number of aryl methyl sites for hydroxylation is 1. The van der Waals surface area contributed by atoms with Crippen molar-refractivity contribution in [2.24, 2.45) is 0 Å². The molecule has 1 rings (SSSR count). The van der Waals surface area contributed by atoms with Crippen molar-refractivity contribution in [3.8, 4) is 5.75 Å². The number of phenols is 1. The molecule has 1 nitrogen and oxygen atoms in total. The first-order valence-electron chi connectivity index (χ1n) is 5.83. The van der Waals surface area contributed by atoms with Crippen molar-refractivity contribution in [2.75, 3.05) is 0 Å². The van der Waals surface area contributed by atoms with Crippen LogP contribution in [0.3, 0.4) is 0 Å². The molecule has 0 bridgehead atoms. The Labute approximate surface area is 93.1 Å². The van der Waals surface area contributed by atoms with Crippen LogP contribution in [0.15, 0.2) is 18.2 Å². The summed E-state index contributed by atoms with van der Waals surface area (Å²) in [6, 6.07) is 5.78. The molecule has 1 aromatic rings. The quantitative estimate of drug-likeness (QED) is 0.788. The zero-order valence-electron chi connectivity index (χ0n) is 10.3. The number of benzene rings is 1. The van der Waals surface area contributed by atoms with E-state index >= 15 is 0 Å². The van der Waals surface area contributed by atoms with Crippen LogP contribution < -0.4 is 0 Å². The second kappa shape index (κ2) is 4.69. The molecule has 0 aliphatic carbocycles. The molecule has 0 aromatic heterocycles. The van der Waals surface area contributed by atoms with E-state index < -0.39 is 0 Å². The highest BCUT2D eigenvalue weighted by molar-refractivity contribution is 5.39. The van der Waals surface area contributed by atoms with Crippen LogP contribution in [-0.4, -0.2) is 5.11 Å². The van der Waals surface area contributed by atoms with E-state index in [0.29, 0.717) is 5.75 Å². The fourth-order valence-electron chi connectivity index (χ4n) is 1.87. The molecule has 0 fully saturated rings. The Hall–Kier alpha value is -0.980. The van der Waals surface area contributed by atoms with E-state index in [1.807, 2.05) is 6.07 Å². The van der Waals surface area contributed by atoms with Crippen LogP contribution in [-0.2, 0) is 11.8 Å². The van der Waals surface area contributed by atoms with E-state index in [9.17, 15) is 5.11 Å². The lowest BCUT2D eigenvalue weighted by atomic mass is 9.79. The minimum atomic E-state index is 0.156. The Morgan fingerprint density at radius 2 is 1.87 bits per heavy atom. The van der Waals surface area contributed by atoms with Crippen molar-refractivity contribution < 1.29 is 5.11 Å². The van der Waals surface area contributed by atoms with E-state index in [-0.39, 0.29) is 5.41 Å². The SMILES string of the molecule is CCCc1ccc(O)cc1C(C)(C)CC. The van der Waals surface area contributed by atoms with Crippen molar-refractivity contribution in [2.45, 2.75) is 52.4 Å². The van der Waals surface area contributed by atoms with Crippen molar-refractivity contribution in [3.63, 3.8) is 0 Å². The Morgan fingerprint density at radius 1 is 1.20 bits per heavy atom. The van der Waals surface area contributed by atoms with Gasteiger partial charge in [0.2, 0.25) is 0 Å². The molecule has 0 unspecified atom stereocenters. The average molecular weight is 206 g/mol. The summed E-state index contributed by atoms with van der Waals surface area (Å²) in [7, 11) is 0. The summed E-state index contributed by atoms with van der Waals surface area (Å²) < 4.78 is 0. The Balaban J connectivity index is 3.17. The van der Waals surface area contributed by atoms with E-state index in [1.165, 1.54) is 11.1 Å². The van der Waals surface area contributed by atoms with Crippen LogP contribution in [0.25, 0.3) is 0 Å². The van der Waals surface area contributed by atoms with Crippen molar-refractivity contribution in [3.05, 3.63) is 29.3 Å². The molecule has 0 aliphatic heterocycles. The largest absolute Gasteiger partial charge is 0.508 e. The van der Waals surface area contributed by atoms with Gasteiger partial charge in [0.1, 0.15) is 5.75 Å². The van der Waals surface area contributed by atoms with Crippen LogP contribution in [0.4, 0.5) is 0 Å². The molecule has 0 heterocycles. The van der Waals surface area contributed by atoms with E-state index in [1.54, 1.807) is 6.07 Å². The highest BCUT2D eigenvalue weighted by Crippen LogP contribution is 2.32. The first-order chi connectivity index (χ1) is 7.01. The molecule has 0 radical (unpaired) electrons. The average Bonchev–Trinajstić information content (AvgIpc) is 2.21. The first kappa shape index (κ1) is 12.1. The number of hydrogen-bond acceptors (Lipinski definition) is 1. The first-order valence-corrected chi connectivity index (χ1v) is 5.83. The molecular weight excluding hydrogens is 184 g/mol. The lowest BCUT2D eigenvalue weighted by Crippen LogP contribution is -2.17. The summed E-state index contributed by atoms with van der Waals surface area (Å²) in [5, 5.41) is 9.56. The number of phenolic OH excluding ortho intramolecular Hbond substituents is 1. The zero-order chi connectivity index (χ0) is 11.5. The third kappa shape index (κ3) is 2.74. The molecular formula is C14H22O. The Kier molecular flexibility index (Phi) is 3.78. The van der Waals surface area contributed by atoms with Gasteiger partial charge in [0.25, 0.3) is 0 Å². The van der Waals surface area contributed by atoms with E-state index in [2.05, 4.69) is 33.8 Å². The highest BCUT2D eigenvalue weighted by Gasteiger charge is 2.21. The number of aromatic hydroxyl groups is 1. The third-order valence-corrected chi connectivity index (χ3v) is 3.23. The van der Waals surface area contributed by atoms with Gasteiger partial charge in [-0.25, -0.2) is 0 Å². The van der Waals surface area contributed by atoms with Gasteiger partial charge in [-0.2, -0.15) is 0 Å². The lowest BCUT2D eigenvalue weighted by Gasteiger charge is -2.26. The molecule has 0 amide bonds. The summed E-state index contributed by atoms with van der Waals surface area (Å²) in [6.07, 6.45) is 3.34. The summed E-state index contributed by atoms with van der Waals surface area (Å²) in [4.78, 5) is 0. The minimum absolute atomic E-state index is 0.156. The zero-order valence-corrected chi connectivity index (χ0v) is 10.3. The van der Waals surface area contributed by atoms with Crippen LogP contribution in [0.5, 0.6) is 5.75 Å². The summed E-state index contributed by atoms with van der Waals surface area (Å²) in [6.45, 7) is 8.86. The van der Waals surface area contributed by atoms with Gasteiger partial charge in [-0.1, -0.05) is 40.2 Å². The maximum Gasteiger partial charge on any atom is 0.115 e. The highest BCUT2D eigenvalue weighted by atomic mass is 16.3. The van der Waals surface area contributed by atoms with Crippen molar-refractivity contribution >= 4 is 0 Å². The molecule has 0 saturated heterocycles. The lowest BCUT2D eigenvalue weighted by molar-refractivity contribution is 0.462. The molecule has 0 saturated carbocycles. The van der Waals surface area contributed by atoms with Gasteiger partial charge in [-0.05, 0) is 41.5 Å². The monoisotopic (exact) mass is 206 g/mol. The summed E-state index contributed by atoms with van der Waals surface area (Å²) in [5.74, 6) is 0.381. The van der Waals surface area contributed by atoms with Gasteiger partial charge in [-0.3, -0.25) is 0 Å². The molecule has 0 spiro atoms. The van der Waals surface area contributed by atoms with Gasteiger partial charge in [0.05, 0.1) is 0 Å². The van der Waals surface area contributed by atoms with Crippen LogP contribution in [0.1, 0.15) is 51.7 Å². The maximum atomic E-state index is 9.56.